The molecule has 1 aromatic rings. The predicted octanol–water partition coefficient (Wildman–Crippen LogP) is 2.80. The molecule has 0 aromatic heterocycles. The number of ether oxygens (including phenoxy) is 1. The van der Waals surface area contributed by atoms with Gasteiger partial charge < -0.3 is 15.4 Å². The first-order chi connectivity index (χ1) is 9.70. The van der Waals surface area contributed by atoms with E-state index in [9.17, 15) is 4.79 Å². The molecule has 4 heteroatoms. The van der Waals surface area contributed by atoms with E-state index in [1.165, 1.54) is 19.3 Å². The van der Waals surface area contributed by atoms with Gasteiger partial charge in [0.1, 0.15) is 5.75 Å². The lowest BCUT2D eigenvalue weighted by molar-refractivity contribution is -0.120. The van der Waals surface area contributed by atoms with Crippen molar-refractivity contribution in [3.8, 4) is 5.75 Å². The zero-order valence-corrected chi connectivity index (χ0v) is 12.3. The van der Waals surface area contributed by atoms with Crippen LogP contribution in [0.5, 0.6) is 5.75 Å². The van der Waals surface area contributed by atoms with Crippen molar-refractivity contribution < 1.29 is 9.53 Å². The largest absolute Gasteiger partial charge is 0.495 e. The number of methoxy groups -OCH3 is 1. The smallest absolute Gasteiger partial charge is 0.239 e. The SMILES string of the molecule is COc1ccccc1NCC(=O)NC1CCCCC1C. The maximum atomic E-state index is 12.0. The lowest BCUT2D eigenvalue weighted by atomic mass is 9.86. The number of carbonyl (C=O) groups excluding carboxylic acids is 1. The van der Waals surface area contributed by atoms with Crippen molar-refractivity contribution in [2.45, 2.75) is 38.6 Å². The number of hydrogen-bond donors (Lipinski definition) is 2. The summed E-state index contributed by atoms with van der Waals surface area (Å²) in [7, 11) is 1.63. The maximum Gasteiger partial charge on any atom is 0.239 e. The van der Waals surface area contributed by atoms with E-state index in [1.807, 2.05) is 24.3 Å². The topological polar surface area (TPSA) is 50.4 Å². The predicted molar refractivity (Wildman–Crippen MR) is 81.0 cm³/mol. The Balaban J connectivity index is 1.82. The number of nitrogens with one attached hydrogen (secondary N) is 2. The van der Waals surface area contributed by atoms with E-state index in [2.05, 4.69) is 17.6 Å². The van der Waals surface area contributed by atoms with Crippen molar-refractivity contribution in [2.24, 2.45) is 5.92 Å². The molecule has 1 aliphatic rings. The molecule has 2 atom stereocenters. The fourth-order valence-corrected chi connectivity index (χ4v) is 2.75. The highest BCUT2D eigenvalue weighted by atomic mass is 16.5. The third-order valence-corrected chi connectivity index (χ3v) is 4.00. The summed E-state index contributed by atoms with van der Waals surface area (Å²) < 4.78 is 5.25. The van der Waals surface area contributed by atoms with Crippen LogP contribution >= 0.6 is 0 Å². The molecule has 0 bridgehead atoms. The summed E-state index contributed by atoms with van der Waals surface area (Å²) in [6, 6.07) is 7.95. The Labute approximate surface area is 120 Å². The molecule has 0 heterocycles. The highest BCUT2D eigenvalue weighted by Gasteiger charge is 2.22. The normalized spacial score (nSPS) is 22.1. The first kappa shape index (κ1) is 14.7. The van der Waals surface area contributed by atoms with E-state index in [4.69, 9.17) is 4.74 Å². The second-order valence-electron chi connectivity index (χ2n) is 5.49. The summed E-state index contributed by atoms with van der Waals surface area (Å²) in [4.78, 5) is 12.0. The second-order valence-corrected chi connectivity index (χ2v) is 5.49. The van der Waals surface area contributed by atoms with Crippen molar-refractivity contribution >= 4 is 11.6 Å². The summed E-state index contributed by atoms with van der Waals surface area (Å²) in [6.07, 6.45) is 4.81. The molecule has 1 aliphatic carbocycles. The van der Waals surface area contributed by atoms with Crippen molar-refractivity contribution in [2.75, 3.05) is 19.0 Å². The Morgan fingerprint density at radius 1 is 1.30 bits per heavy atom. The zero-order chi connectivity index (χ0) is 14.4. The highest BCUT2D eigenvalue weighted by Crippen LogP contribution is 2.24. The maximum absolute atomic E-state index is 12.0. The van der Waals surface area contributed by atoms with Gasteiger partial charge in [-0.3, -0.25) is 4.79 Å². The summed E-state index contributed by atoms with van der Waals surface area (Å²) >= 11 is 0. The molecule has 4 nitrogen and oxygen atoms in total. The van der Waals surface area contributed by atoms with Gasteiger partial charge >= 0.3 is 0 Å². The van der Waals surface area contributed by atoms with Gasteiger partial charge in [-0.2, -0.15) is 0 Å². The lowest BCUT2D eigenvalue weighted by Crippen LogP contribution is -2.43. The minimum Gasteiger partial charge on any atom is -0.495 e. The van der Waals surface area contributed by atoms with Gasteiger partial charge in [-0.25, -0.2) is 0 Å². The molecule has 0 saturated heterocycles. The van der Waals surface area contributed by atoms with Crippen LogP contribution in [-0.2, 0) is 4.79 Å². The number of anilines is 1. The van der Waals surface area contributed by atoms with Gasteiger partial charge in [0, 0.05) is 6.04 Å². The first-order valence-corrected chi connectivity index (χ1v) is 7.37. The lowest BCUT2D eigenvalue weighted by Gasteiger charge is -2.29. The molecule has 0 aliphatic heterocycles. The summed E-state index contributed by atoms with van der Waals surface area (Å²) in [6.45, 7) is 2.50. The van der Waals surface area contributed by atoms with Crippen LogP contribution in [0.25, 0.3) is 0 Å². The first-order valence-electron chi connectivity index (χ1n) is 7.37. The van der Waals surface area contributed by atoms with E-state index in [-0.39, 0.29) is 12.5 Å². The van der Waals surface area contributed by atoms with Crippen molar-refractivity contribution in [1.82, 2.24) is 5.32 Å². The Kier molecular flexibility index (Phi) is 5.27. The Morgan fingerprint density at radius 3 is 2.80 bits per heavy atom. The standard InChI is InChI=1S/C16H24N2O2/c1-12-7-3-4-8-13(12)18-16(19)11-17-14-9-5-6-10-15(14)20-2/h5-6,9-10,12-13,17H,3-4,7-8,11H2,1-2H3,(H,18,19). The molecule has 2 N–H and O–H groups in total. The molecule has 20 heavy (non-hydrogen) atoms. The van der Waals surface area contributed by atoms with E-state index in [1.54, 1.807) is 7.11 Å². The fourth-order valence-electron chi connectivity index (χ4n) is 2.75. The molecule has 0 spiro atoms. The quantitative estimate of drug-likeness (QED) is 0.869. The Morgan fingerprint density at radius 2 is 2.05 bits per heavy atom. The van der Waals surface area contributed by atoms with Gasteiger partial charge in [0.2, 0.25) is 5.91 Å². The second kappa shape index (κ2) is 7.17. The number of carbonyl (C=O) groups is 1. The number of amides is 1. The third-order valence-electron chi connectivity index (χ3n) is 4.00. The van der Waals surface area contributed by atoms with Gasteiger partial charge in [0.15, 0.2) is 0 Å². The third kappa shape index (κ3) is 3.89. The van der Waals surface area contributed by atoms with E-state index in [0.29, 0.717) is 12.0 Å². The van der Waals surface area contributed by atoms with Crippen LogP contribution < -0.4 is 15.4 Å². The minimum atomic E-state index is 0.0506. The summed E-state index contributed by atoms with van der Waals surface area (Å²) in [5.74, 6) is 1.39. The van der Waals surface area contributed by atoms with Crippen molar-refractivity contribution in [3.63, 3.8) is 0 Å². The number of para-hydroxylation sites is 2. The molecule has 1 amide bonds. The summed E-state index contributed by atoms with van der Waals surface area (Å²) in [5, 5.41) is 6.27. The van der Waals surface area contributed by atoms with Crippen LogP contribution in [0.15, 0.2) is 24.3 Å². The van der Waals surface area contributed by atoms with Crippen LogP contribution in [0.2, 0.25) is 0 Å². The molecular weight excluding hydrogens is 252 g/mol. The fraction of sp³-hybridized carbons (Fsp3) is 0.562. The van der Waals surface area contributed by atoms with Crippen LogP contribution in [0.4, 0.5) is 5.69 Å². The van der Waals surface area contributed by atoms with Gasteiger partial charge in [-0.15, -0.1) is 0 Å². The molecule has 1 fully saturated rings. The van der Waals surface area contributed by atoms with Crippen molar-refractivity contribution in [1.29, 1.82) is 0 Å². The van der Waals surface area contributed by atoms with Crippen LogP contribution in [0.3, 0.4) is 0 Å². The highest BCUT2D eigenvalue weighted by molar-refractivity contribution is 5.81. The molecule has 2 rings (SSSR count). The van der Waals surface area contributed by atoms with Crippen LogP contribution in [0.1, 0.15) is 32.6 Å². The van der Waals surface area contributed by atoms with Crippen LogP contribution in [-0.4, -0.2) is 25.6 Å². The monoisotopic (exact) mass is 276 g/mol. The van der Waals surface area contributed by atoms with Gasteiger partial charge in [-0.1, -0.05) is 31.9 Å². The number of benzene rings is 1. The van der Waals surface area contributed by atoms with Gasteiger partial charge in [0.05, 0.1) is 19.3 Å². The molecule has 1 saturated carbocycles. The van der Waals surface area contributed by atoms with Crippen LogP contribution in [0, 0.1) is 5.92 Å². The molecule has 2 unspecified atom stereocenters. The average molecular weight is 276 g/mol. The summed E-state index contributed by atoms with van der Waals surface area (Å²) in [5.41, 5.74) is 0.849. The molecule has 110 valence electrons. The van der Waals surface area contributed by atoms with E-state index >= 15 is 0 Å². The van der Waals surface area contributed by atoms with E-state index < -0.39 is 0 Å². The average Bonchev–Trinajstić information content (AvgIpc) is 2.48. The molecule has 1 aromatic carbocycles. The minimum absolute atomic E-state index is 0.0506. The van der Waals surface area contributed by atoms with Gasteiger partial charge in [-0.05, 0) is 30.9 Å². The Hall–Kier alpha value is -1.71. The molecular formula is C16H24N2O2. The van der Waals surface area contributed by atoms with Crippen molar-refractivity contribution in [3.05, 3.63) is 24.3 Å². The number of rotatable bonds is 5. The van der Waals surface area contributed by atoms with E-state index in [0.717, 1.165) is 17.9 Å². The molecule has 0 radical (unpaired) electrons. The van der Waals surface area contributed by atoms with Gasteiger partial charge in [0.25, 0.3) is 0 Å². The number of hydrogen-bond acceptors (Lipinski definition) is 3. The zero-order valence-electron chi connectivity index (χ0n) is 12.3. The Bertz CT molecular complexity index is 448.